The molecule has 1 heterocycles. The average molecular weight is 234 g/mol. The number of hydrogen-bond donors (Lipinski definition) is 1. The van der Waals surface area contributed by atoms with E-state index in [9.17, 15) is 4.79 Å². The second-order valence-corrected chi connectivity index (χ2v) is 6.46. The van der Waals surface area contributed by atoms with Crippen molar-refractivity contribution in [2.75, 3.05) is 0 Å². The van der Waals surface area contributed by atoms with Crippen LogP contribution >= 0.6 is 0 Å². The maximum Gasteiger partial charge on any atom is 0.250 e. The summed E-state index contributed by atoms with van der Waals surface area (Å²) in [5.74, 6) is -0.414. The van der Waals surface area contributed by atoms with Crippen LogP contribution in [0.25, 0.3) is 0 Å². The van der Waals surface area contributed by atoms with E-state index in [1.807, 2.05) is 26.8 Å². The van der Waals surface area contributed by atoms with Gasteiger partial charge in [-0.25, -0.2) is 0 Å². The number of nitrogens with zero attached hydrogens (tertiary/aromatic N) is 1. The fourth-order valence-corrected chi connectivity index (χ4v) is 1.65. The largest absolute Gasteiger partial charge is 0.366 e. The number of rotatable bonds is 1. The maximum atomic E-state index is 11.4. The van der Waals surface area contributed by atoms with Crippen molar-refractivity contribution in [3.63, 3.8) is 0 Å². The molecular formula is C14H22N2O. The zero-order valence-electron chi connectivity index (χ0n) is 11.6. The molecule has 0 atom stereocenters. The number of aromatic nitrogens is 1. The van der Waals surface area contributed by atoms with Gasteiger partial charge in [0.05, 0.1) is 11.3 Å². The highest BCUT2D eigenvalue weighted by Crippen LogP contribution is 2.28. The number of pyridine rings is 1. The molecule has 0 unspecified atom stereocenters. The van der Waals surface area contributed by atoms with Crippen molar-refractivity contribution in [2.45, 2.75) is 52.4 Å². The molecule has 1 rings (SSSR count). The van der Waals surface area contributed by atoms with E-state index in [1.165, 1.54) is 0 Å². The van der Waals surface area contributed by atoms with Crippen LogP contribution in [-0.4, -0.2) is 10.9 Å². The van der Waals surface area contributed by atoms with Gasteiger partial charge in [0.2, 0.25) is 0 Å². The molecule has 0 aliphatic rings. The number of nitrogens with two attached hydrogens (primary N) is 1. The van der Waals surface area contributed by atoms with E-state index in [2.05, 4.69) is 25.8 Å². The van der Waals surface area contributed by atoms with Gasteiger partial charge < -0.3 is 5.73 Å². The minimum Gasteiger partial charge on any atom is -0.366 e. The Morgan fingerprint density at radius 1 is 1.06 bits per heavy atom. The van der Waals surface area contributed by atoms with Gasteiger partial charge in [-0.3, -0.25) is 9.78 Å². The zero-order valence-corrected chi connectivity index (χ0v) is 11.6. The van der Waals surface area contributed by atoms with Crippen molar-refractivity contribution >= 4 is 5.91 Å². The Kier molecular flexibility index (Phi) is 3.33. The summed E-state index contributed by atoms with van der Waals surface area (Å²) in [4.78, 5) is 16.0. The molecule has 0 bridgehead atoms. The molecule has 17 heavy (non-hydrogen) atoms. The van der Waals surface area contributed by atoms with Gasteiger partial charge in [0.25, 0.3) is 5.91 Å². The van der Waals surface area contributed by atoms with Crippen LogP contribution in [0.1, 0.15) is 63.3 Å². The van der Waals surface area contributed by atoms with Crippen molar-refractivity contribution in [3.05, 3.63) is 29.1 Å². The van der Waals surface area contributed by atoms with Gasteiger partial charge in [0.15, 0.2) is 0 Å². The number of carbonyl (C=O) groups excluding carboxylic acids is 1. The van der Waals surface area contributed by atoms with Gasteiger partial charge in [-0.1, -0.05) is 41.5 Å². The van der Waals surface area contributed by atoms with Crippen LogP contribution in [0.4, 0.5) is 0 Å². The Balaban J connectivity index is 3.46. The monoisotopic (exact) mass is 234 g/mol. The van der Waals surface area contributed by atoms with Gasteiger partial charge in [-0.05, 0) is 12.1 Å². The van der Waals surface area contributed by atoms with E-state index < -0.39 is 5.91 Å². The highest BCUT2D eigenvalue weighted by atomic mass is 16.1. The molecule has 0 spiro atoms. The van der Waals surface area contributed by atoms with Crippen LogP contribution in [0, 0.1) is 0 Å². The molecule has 0 aliphatic heterocycles. The number of primary amides is 1. The lowest BCUT2D eigenvalue weighted by atomic mass is 9.85. The molecule has 1 aromatic rings. The Labute approximate surface area is 103 Å². The predicted octanol–water partition coefficient (Wildman–Crippen LogP) is 2.78. The molecule has 0 aliphatic carbocycles. The van der Waals surface area contributed by atoms with Crippen LogP contribution in [0.5, 0.6) is 0 Å². The van der Waals surface area contributed by atoms with Gasteiger partial charge in [-0.15, -0.1) is 0 Å². The topological polar surface area (TPSA) is 56.0 Å². The first-order valence-corrected chi connectivity index (χ1v) is 5.85. The average Bonchev–Trinajstić information content (AvgIpc) is 2.14. The lowest BCUT2D eigenvalue weighted by molar-refractivity contribution is 0.0997. The summed E-state index contributed by atoms with van der Waals surface area (Å²) in [7, 11) is 0. The second kappa shape index (κ2) is 4.13. The van der Waals surface area contributed by atoms with E-state index in [1.54, 1.807) is 6.07 Å². The van der Waals surface area contributed by atoms with Crippen LogP contribution in [-0.2, 0) is 10.8 Å². The first-order valence-electron chi connectivity index (χ1n) is 5.85. The van der Waals surface area contributed by atoms with Crippen molar-refractivity contribution in [1.82, 2.24) is 4.98 Å². The fourth-order valence-electron chi connectivity index (χ4n) is 1.65. The van der Waals surface area contributed by atoms with Gasteiger partial charge in [0, 0.05) is 16.5 Å². The summed E-state index contributed by atoms with van der Waals surface area (Å²) in [6.45, 7) is 12.4. The van der Waals surface area contributed by atoms with E-state index in [4.69, 9.17) is 5.73 Å². The lowest BCUT2D eigenvalue weighted by Gasteiger charge is -2.25. The third-order valence-electron chi connectivity index (χ3n) is 2.64. The van der Waals surface area contributed by atoms with Crippen LogP contribution in [0.3, 0.4) is 0 Å². The molecule has 3 nitrogen and oxygen atoms in total. The van der Waals surface area contributed by atoms with E-state index in [-0.39, 0.29) is 10.8 Å². The maximum absolute atomic E-state index is 11.4. The molecule has 0 radical (unpaired) electrons. The van der Waals surface area contributed by atoms with Gasteiger partial charge in [-0.2, -0.15) is 0 Å². The summed E-state index contributed by atoms with van der Waals surface area (Å²) >= 11 is 0. The minimum atomic E-state index is -0.414. The number of amides is 1. The quantitative estimate of drug-likeness (QED) is 0.812. The van der Waals surface area contributed by atoms with Gasteiger partial charge >= 0.3 is 0 Å². The SMILES string of the molecule is CC(C)(C)c1ccc(C(N)=O)c(C(C)(C)C)n1. The molecule has 0 fully saturated rings. The van der Waals surface area contributed by atoms with E-state index in [0.717, 1.165) is 11.4 Å². The van der Waals surface area contributed by atoms with E-state index in [0.29, 0.717) is 5.56 Å². The Hall–Kier alpha value is -1.38. The smallest absolute Gasteiger partial charge is 0.250 e. The standard InChI is InChI=1S/C14H22N2O/c1-13(2,3)10-8-7-9(12(15)17)11(16-10)14(4,5)6/h7-8H,1-6H3,(H2,15,17). The molecule has 0 saturated carbocycles. The minimum absolute atomic E-state index is 0.0316. The first-order chi connectivity index (χ1) is 7.53. The lowest BCUT2D eigenvalue weighted by Crippen LogP contribution is -2.25. The number of hydrogen-bond acceptors (Lipinski definition) is 2. The Bertz CT molecular complexity index is 437. The Morgan fingerprint density at radius 3 is 1.94 bits per heavy atom. The molecule has 0 saturated heterocycles. The van der Waals surface area contributed by atoms with Crippen molar-refractivity contribution in [1.29, 1.82) is 0 Å². The molecule has 94 valence electrons. The molecule has 1 aromatic heterocycles. The molecule has 0 aromatic carbocycles. The normalized spacial score (nSPS) is 12.6. The third kappa shape index (κ3) is 3.05. The molecular weight excluding hydrogens is 212 g/mol. The van der Waals surface area contributed by atoms with Crippen molar-refractivity contribution in [3.8, 4) is 0 Å². The van der Waals surface area contributed by atoms with Crippen molar-refractivity contribution in [2.24, 2.45) is 5.73 Å². The van der Waals surface area contributed by atoms with Gasteiger partial charge in [0.1, 0.15) is 0 Å². The molecule has 3 heteroatoms. The fraction of sp³-hybridized carbons (Fsp3) is 0.571. The van der Waals surface area contributed by atoms with E-state index >= 15 is 0 Å². The highest BCUT2D eigenvalue weighted by molar-refractivity contribution is 5.94. The summed E-state index contributed by atoms with van der Waals surface area (Å²) in [6, 6.07) is 3.67. The summed E-state index contributed by atoms with van der Waals surface area (Å²) in [6.07, 6.45) is 0. The summed E-state index contributed by atoms with van der Waals surface area (Å²) < 4.78 is 0. The predicted molar refractivity (Wildman–Crippen MR) is 70.2 cm³/mol. The molecule has 1 amide bonds. The summed E-state index contributed by atoms with van der Waals surface area (Å²) in [5.41, 5.74) is 7.44. The zero-order chi connectivity index (χ0) is 13.4. The Morgan fingerprint density at radius 2 is 1.59 bits per heavy atom. The molecule has 2 N–H and O–H groups in total. The van der Waals surface area contributed by atoms with Crippen LogP contribution in [0.15, 0.2) is 12.1 Å². The van der Waals surface area contributed by atoms with Crippen LogP contribution < -0.4 is 5.73 Å². The van der Waals surface area contributed by atoms with Crippen molar-refractivity contribution < 1.29 is 4.79 Å². The first kappa shape index (κ1) is 13.7. The highest BCUT2D eigenvalue weighted by Gasteiger charge is 2.25. The third-order valence-corrected chi connectivity index (χ3v) is 2.64. The van der Waals surface area contributed by atoms with Crippen LogP contribution in [0.2, 0.25) is 0 Å². The second-order valence-electron chi connectivity index (χ2n) is 6.46. The number of carbonyl (C=O) groups is 1. The summed E-state index contributed by atoms with van der Waals surface area (Å²) in [5, 5.41) is 0.